The van der Waals surface area contributed by atoms with Gasteiger partial charge in [0.25, 0.3) is 0 Å². The number of fused-ring (bicyclic) bond motifs is 3. The van der Waals surface area contributed by atoms with E-state index in [1.165, 1.54) is 37.2 Å². The highest BCUT2D eigenvalue weighted by Crippen LogP contribution is 2.35. The lowest BCUT2D eigenvalue weighted by Gasteiger charge is -2.19. The largest absolute Gasteiger partial charge is 0.496 e. The summed E-state index contributed by atoms with van der Waals surface area (Å²) in [6, 6.07) is 33.2. The van der Waals surface area contributed by atoms with Gasteiger partial charge in [0.05, 0.1) is 40.3 Å². The first-order chi connectivity index (χ1) is 49.8. The molecule has 29 nitrogen and oxygen atoms in total. The molecule has 0 spiro atoms. The van der Waals surface area contributed by atoms with E-state index >= 15 is 0 Å². The van der Waals surface area contributed by atoms with Crippen molar-refractivity contribution in [3.05, 3.63) is 189 Å². The highest BCUT2D eigenvalue weighted by Gasteiger charge is 2.23. The molecule has 0 radical (unpaired) electrons. The van der Waals surface area contributed by atoms with E-state index in [-0.39, 0.29) is 11.8 Å². The normalized spacial score (nSPS) is 11.3. The standard InChI is InChI=1S/C25H27N7O2.C17H18IN7O.C16H17IN6O2.C8H11BO2.C6H10ClNO/c1-16-7-8-17(14-20(16)34-4)23-22-24(26)27-15-28-25(22)32(30-23)19-11-9-18(10-12-19)29-21(33)6-5-13-31(2)3;1-24(2)9-3-4-13(26)22-11-5-7-12(8-6-11)25-17-14(15(18)23-25)16(19)20-10-21-17;1-16(2,3)25-15(24)21-13-11-12(17)22-23(14(11)20-8-19-13)10-6-4-9(18)5-7-10;1-6-3-4-8(9(10)11)5-7(6)2;1-8(2)5-3-4-6(7)9/h5-12,14-15H,13H2,1-4H3,(H,29,33)(H2,26,27,28);3-8,10H,9H2,1-2H3,(H,22,26)(H2,19,20,21);4-8H,18H2,1-3H3,(H,19,20,21,24);3-5,10-11H,1-2H3;3-4H,5H2,1-2H3/b6-5+;4-3+;;;4-3+. The van der Waals surface area contributed by atoms with E-state index in [2.05, 4.69) is 101 Å². The van der Waals surface area contributed by atoms with Gasteiger partial charge in [-0.1, -0.05) is 48.6 Å². The van der Waals surface area contributed by atoms with Gasteiger partial charge in [0, 0.05) is 54.4 Å². The van der Waals surface area contributed by atoms with Gasteiger partial charge in [0.1, 0.15) is 55.1 Å². The van der Waals surface area contributed by atoms with Crippen molar-refractivity contribution in [3.63, 3.8) is 0 Å². The van der Waals surface area contributed by atoms with E-state index in [1.54, 1.807) is 72.3 Å². The third kappa shape index (κ3) is 24.1. The average Bonchev–Trinajstić information content (AvgIpc) is 1.63. The monoisotopic (exact) mass is 1670 g/mol. The summed E-state index contributed by atoms with van der Waals surface area (Å²) in [6.45, 7) is 13.5. The Morgan fingerprint density at radius 3 is 1.46 bits per heavy atom. The van der Waals surface area contributed by atoms with Crippen molar-refractivity contribution in [3.8, 4) is 34.1 Å². The number of anilines is 6. The summed E-state index contributed by atoms with van der Waals surface area (Å²) in [7, 11) is 11.9. The summed E-state index contributed by atoms with van der Waals surface area (Å²) in [5, 5.41) is 41.4. The first kappa shape index (κ1) is 82.0. The van der Waals surface area contributed by atoms with Crippen LogP contribution in [-0.4, -0.2) is 189 Å². The molecule has 11 N–H and O–H groups in total. The summed E-state index contributed by atoms with van der Waals surface area (Å²) in [4.78, 5) is 77.4. The number of carbonyl (C=O) groups excluding carboxylic acids is 4. The first-order valence-electron chi connectivity index (χ1n) is 32.2. The van der Waals surface area contributed by atoms with Crippen molar-refractivity contribution >= 4 is 160 Å². The number of methoxy groups -OCH3 is 1. The second-order valence-electron chi connectivity index (χ2n) is 25.0. The van der Waals surface area contributed by atoms with Crippen molar-refractivity contribution in [2.75, 3.05) is 102 Å². The van der Waals surface area contributed by atoms with E-state index in [9.17, 15) is 19.2 Å². The van der Waals surface area contributed by atoms with Crippen molar-refractivity contribution in [2.45, 2.75) is 47.1 Å². The Labute approximate surface area is 640 Å². The molecule has 105 heavy (non-hydrogen) atoms. The van der Waals surface area contributed by atoms with Crippen LogP contribution in [0.15, 0.2) is 165 Å². The predicted octanol–water partition coefficient (Wildman–Crippen LogP) is 9.70. The van der Waals surface area contributed by atoms with Gasteiger partial charge < -0.3 is 62.1 Å². The lowest BCUT2D eigenvalue weighted by atomic mass is 9.79. The molecule has 11 rings (SSSR count). The van der Waals surface area contributed by atoms with E-state index in [0.29, 0.717) is 90.2 Å². The van der Waals surface area contributed by atoms with Crippen molar-refractivity contribution in [1.29, 1.82) is 0 Å². The molecule has 6 heterocycles. The molecule has 0 aliphatic heterocycles. The minimum absolute atomic E-state index is 0.167. The van der Waals surface area contributed by atoms with Crippen LogP contribution >= 0.6 is 56.8 Å². The third-order valence-electron chi connectivity index (χ3n) is 14.6. The summed E-state index contributed by atoms with van der Waals surface area (Å²) < 4.78 is 17.3. The number of hydrogen-bond acceptors (Lipinski definition) is 23. The number of ether oxygens (including phenoxy) is 2. The maximum absolute atomic E-state index is 12.1. The molecular formula is C72H83BClI2N21O8. The summed E-state index contributed by atoms with van der Waals surface area (Å²) in [6.07, 6.45) is 13.4. The smallest absolute Gasteiger partial charge is 0.488 e. The quantitative estimate of drug-likeness (QED) is 0.0130. The second kappa shape index (κ2) is 38.4. The van der Waals surface area contributed by atoms with Crippen molar-refractivity contribution < 1.29 is 38.7 Å². The number of halogens is 3. The molecule has 0 fully saturated rings. The Bertz CT molecular complexity index is 4910. The van der Waals surface area contributed by atoms with Crippen LogP contribution in [0.5, 0.6) is 5.75 Å². The minimum atomic E-state index is -1.35. The fourth-order valence-corrected chi connectivity index (χ4v) is 10.9. The van der Waals surface area contributed by atoms with E-state index < -0.39 is 24.1 Å². The number of nitrogen functional groups attached to an aromatic ring is 3. The Hall–Kier alpha value is -10.3. The van der Waals surface area contributed by atoms with Crippen LogP contribution in [0, 0.1) is 28.2 Å². The highest BCUT2D eigenvalue weighted by molar-refractivity contribution is 14.1. The van der Waals surface area contributed by atoms with Crippen LogP contribution in [0.3, 0.4) is 0 Å². The van der Waals surface area contributed by atoms with Gasteiger partial charge in [-0.25, -0.2) is 48.7 Å². The third-order valence-corrected chi connectivity index (χ3v) is 16.2. The molecule has 0 atom stereocenters. The van der Waals surface area contributed by atoms with Crippen LogP contribution < -0.4 is 43.4 Å². The molecule has 6 aromatic heterocycles. The first-order valence-corrected chi connectivity index (χ1v) is 34.8. The highest BCUT2D eigenvalue weighted by atomic mass is 127. The lowest BCUT2D eigenvalue weighted by molar-refractivity contribution is -0.112. The number of nitrogens with one attached hydrogen (secondary N) is 3. The van der Waals surface area contributed by atoms with Gasteiger partial charge in [-0.15, -0.1) is 0 Å². The van der Waals surface area contributed by atoms with Crippen molar-refractivity contribution in [1.82, 2.24) is 73.9 Å². The maximum atomic E-state index is 12.1. The number of hydrogen-bond donors (Lipinski definition) is 8. The van der Waals surface area contributed by atoms with Crippen LogP contribution in [0.2, 0.25) is 0 Å². The fourth-order valence-electron chi connectivity index (χ4n) is 9.40. The molecule has 33 heteroatoms. The topological polar surface area (TPSA) is 382 Å². The van der Waals surface area contributed by atoms with Gasteiger partial charge in [0.15, 0.2) is 22.8 Å². The molecule has 0 aliphatic rings. The molecule has 0 aliphatic carbocycles. The molecule has 0 bridgehead atoms. The molecule has 5 aromatic carbocycles. The predicted molar refractivity (Wildman–Crippen MR) is 432 cm³/mol. The number of allylic oxidation sites excluding steroid dienone is 1. The second-order valence-corrected chi connectivity index (χ2v) is 27.4. The fraction of sp³-hybridized carbons (Fsp3) is 0.236. The van der Waals surface area contributed by atoms with Gasteiger partial charge in [-0.2, -0.15) is 15.3 Å². The maximum Gasteiger partial charge on any atom is 0.488 e. The minimum Gasteiger partial charge on any atom is -0.496 e. The number of nitrogens with two attached hydrogens (primary N) is 3. The number of carbonyl (C=O) groups is 4. The number of nitrogens with zero attached hydrogens (tertiary/aromatic N) is 15. The average molecular weight is 1670 g/mol. The number of benzene rings is 5. The summed E-state index contributed by atoms with van der Waals surface area (Å²) in [5.74, 6) is 1.51. The Morgan fingerprint density at radius 2 is 0.990 bits per heavy atom. The molecule has 0 unspecified atom stereocenters. The molecule has 0 saturated heterocycles. The molecule has 0 saturated carbocycles. The van der Waals surface area contributed by atoms with E-state index in [1.807, 2.05) is 175 Å². The molecule has 3 amide bonds. The van der Waals surface area contributed by atoms with E-state index in [4.69, 9.17) is 53.4 Å². The molecule has 11 aromatic rings. The van der Waals surface area contributed by atoms with Crippen LogP contribution in [0.25, 0.3) is 61.4 Å². The van der Waals surface area contributed by atoms with E-state index in [0.717, 1.165) is 60.7 Å². The van der Waals surface area contributed by atoms with Crippen LogP contribution in [0.1, 0.15) is 37.5 Å². The van der Waals surface area contributed by atoms with Crippen molar-refractivity contribution in [2.24, 2.45) is 0 Å². The Kier molecular flexibility index (Phi) is 30.0. The van der Waals surface area contributed by atoms with Gasteiger partial charge in [-0.05, 0) is 248 Å². The van der Waals surface area contributed by atoms with Crippen LogP contribution in [-0.2, 0) is 19.1 Å². The zero-order valence-corrected chi connectivity index (χ0v) is 65.3. The summed E-state index contributed by atoms with van der Waals surface area (Å²) >= 11 is 9.21. The van der Waals surface area contributed by atoms with Crippen LogP contribution in [0.4, 0.5) is 39.3 Å². The van der Waals surface area contributed by atoms with Gasteiger partial charge in [0.2, 0.25) is 17.1 Å². The molecular weight excluding hydrogens is 1590 g/mol. The number of aryl methyl sites for hydroxylation is 3. The SMILES string of the molecule is CC(C)(C)OC(=O)Nc1ncnc2c1c(I)nn2-c1ccc(N)cc1.CN(C)C/C=C/C(=O)Cl.CN(C)C/C=C/C(=O)Nc1ccc(-n2nc(I)c3c(N)ncnc32)cc1.COc1cc(-c2nn(-c3ccc(NC(=O)/C=C/CN(C)C)cc3)c3ncnc(N)c23)ccc1C.Cc1ccc(B(O)O)cc1C. The van der Waals surface area contributed by atoms with Gasteiger partial charge in [-0.3, -0.25) is 19.7 Å². The number of aromatic nitrogens is 12. The number of likely N-dealkylation sites (N-methyl/N-ethyl adjacent to an activating group) is 3. The van der Waals surface area contributed by atoms with Gasteiger partial charge >= 0.3 is 13.2 Å². The Balaban J connectivity index is 0.000000196. The summed E-state index contributed by atoms with van der Waals surface area (Å²) in [5.41, 5.74) is 28.9. The zero-order valence-electron chi connectivity index (χ0n) is 60.2. The number of rotatable bonds is 18. The zero-order chi connectivity index (χ0) is 76.8. The molecule has 548 valence electrons. The lowest BCUT2D eigenvalue weighted by Crippen LogP contribution is -2.29. The Morgan fingerprint density at radius 1 is 0.552 bits per heavy atom. The number of amides is 3.